The molecule has 0 saturated carbocycles. The topological polar surface area (TPSA) is 121 Å². The van der Waals surface area contributed by atoms with Crippen molar-refractivity contribution in [2.45, 2.75) is 27.3 Å². The molecule has 1 amide bonds. The molecule has 0 unspecified atom stereocenters. The Bertz CT molecular complexity index is 2160. The lowest BCUT2D eigenvalue weighted by molar-refractivity contribution is -0.112. The van der Waals surface area contributed by atoms with Crippen LogP contribution >= 0.6 is 11.3 Å². The van der Waals surface area contributed by atoms with Gasteiger partial charge in [-0.15, -0.1) is 11.3 Å². The second-order valence-electron chi connectivity index (χ2n) is 10.5. The van der Waals surface area contributed by atoms with Crippen LogP contribution in [0.25, 0.3) is 42.8 Å². The van der Waals surface area contributed by atoms with Crippen molar-refractivity contribution in [3.05, 3.63) is 96.5 Å². The third-order valence-corrected chi connectivity index (χ3v) is 8.42. The number of halogens is 3. The van der Waals surface area contributed by atoms with Gasteiger partial charge in [0.25, 0.3) is 5.91 Å². The summed E-state index contributed by atoms with van der Waals surface area (Å²) in [7, 11) is 0. The van der Waals surface area contributed by atoms with Crippen molar-refractivity contribution in [1.82, 2.24) is 24.7 Å². The van der Waals surface area contributed by atoms with E-state index in [-0.39, 0.29) is 23.5 Å². The van der Waals surface area contributed by atoms with Gasteiger partial charge in [0.1, 0.15) is 5.82 Å². The van der Waals surface area contributed by atoms with Gasteiger partial charge in [-0.25, -0.2) is 24.0 Å². The Hall–Kier alpha value is -5.56. The number of hydrogen-bond donors (Lipinski definition) is 2. The molecule has 0 saturated heterocycles. The van der Waals surface area contributed by atoms with E-state index in [4.69, 9.17) is 10.5 Å². The number of nitrogens with two attached hydrogens (primary N) is 1. The first-order valence-electron chi connectivity index (χ1n) is 13.9. The summed E-state index contributed by atoms with van der Waals surface area (Å²) in [5, 5.41) is 7.12. The number of alkyl halides is 2. The lowest BCUT2D eigenvalue weighted by atomic mass is 9.95. The van der Waals surface area contributed by atoms with Gasteiger partial charge in [-0.05, 0) is 67.8 Å². The molecular weight excluding hydrogens is 615 g/mol. The number of pyridine rings is 1. The molecule has 0 bridgehead atoms. The molecule has 3 N–H and O–H groups in total. The van der Waals surface area contributed by atoms with Gasteiger partial charge in [-0.3, -0.25) is 4.79 Å². The number of nitrogens with one attached hydrogen (secondary N) is 1. The molecule has 0 spiro atoms. The van der Waals surface area contributed by atoms with Crippen molar-refractivity contribution in [2.75, 3.05) is 11.1 Å². The summed E-state index contributed by atoms with van der Waals surface area (Å²) in [5.74, 6) is -0.871. The fourth-order valence-corrected chi connectivity index (χ4v) is 6.38. The van der Waals surface area contributed by atoms with Gasteiger partial charge in [0.2, 0.25) is 0 Å². The standard InChI is InChI=1S/C33H26F3N7O2S/c1-16(2)31(44)42-21-6-7-22(17(3)11-21)28-26(19-5-8-25(24(34)12-19)45-33-38-10-9-18(4)41-33)27-29(46-28)23(14-39-30(27)37)20-13-40-43(15-20)32(35)36/h5-15,32H,1H2,2-4H3,(H2,37,39)(H,42,44). The summed E-state index contributed by atoms with van der Waals surface area (Å²) >= 11 is 1.36. The van der Waals surface area contributed by atoms with E-state index >= 15 is 4.39 Å². The Morgan fingerprint density at radius 1 is 1.07 bits per heavy atom. The molecule has 232 valence electrons. The molecule has 13 heteroatoms. The first-order valence-corrected chi connectivity index (χ1v) is 14.7. The number of nitrogen functional groups attached to an aromatic ring is 1. The van der Waals surface area contributed by atoms with E-state index in [0.717, 1.165) is 16.0 Å². The SMILES string of the molecule is C=C(C)C(=O)Nc1ccc(-c2sc3c(-c4cnn(C(F)F)c4)cnc(N)c3c2-c2ccc(Oc3nccc(C)n3)c(F)c2)c(C)c1. The molecule has 0 aliphatic carbocycles. The van der Waals surface area contributed by atoms with E-state index in [2.05, 4.69) is 31.9 Å². The van der Waals surface area contributed by atoms with E-state index in [0.29, 0.717) is 54.0 Å². The zero-order valence-electron chi connectivity index (χ0n) is 24.8. The molecule has 0 atom stereocenters. The summed E-state index contributed by atoms with van der Waals surface area (Å²) in [6, 6.07) is 11.6. The monoisotopic (exact) mass is 641 g/mol. The maximum atomic E-state index is 15.7. The lowest BCUT2D eigenvalue weighted by Crippen LogP contribution is -2.11. The van der Waals surface area contributed by atoms with E-state index < -0.39 is 12.4 Å². The first kappa shape index (κ1) is 30.5. The van der Waals surface area contributed by atoms with Gasteiger partial charge < -0.3 is 15.8 Å². The maximum absolute atomic E-state index is 15.7. The average molecular weight is 642 g/mol. The highest BCUT2D eigenvalue weighted by Crippen LogP contribution is 2.50. The number of fused-ring (bicyclic) bond motifs is 1. The number of benzene rings is 2. The van der Waals surface area contributed by atoms with Crippen molar-refractivity contribution < 1.29 is 22.7 Å². The number of amides is 1. The predicted octanol–water partition coefficient (Wildman–Crippen LogP) is 8.32. The van der Waals surface area contributed by atoms with Crippen LogP contribution in [0, 0.1) is 19.7 Å². The number of aromatic nitrogens is 5. The van der Waals surface area contributed by atoms with Crippen molar-refractivity contribution in [2.24, 2.45) is 0 Å². The molecule has 0 fully saturated rings. The molecular formula is C33H26F3N7O2S. The number of ether oxygens (including phenoxy) is 1. The van der Waals surface area contributed by atoms with E-state index in [9.17, 15) is 13.6 Å². The largest absolute Gasteiger partial charge is 0.421 e. The van der Waals surface area contributed by atoms with Crippen LogP contribution in [-0.4, -0.2) is 30.6 Å². The molecule has 4 aromatic heterocycles. The number of nitrogens with zero attached hydrogens (tertiary/aromatic N) is 5. The van der Waals surface area contributed by atoms with Crippen LogP contribution in [-0.2, 0) is 4.79 Å². The van der Waals surface area contributed by atoms with Crippen LogP contribution in [0.1, 0.15) is 24.7 Å². The molecule has 9 nitrogen and oxygen atoms in total. The van der Waals surface area contributed by atoms with Crippen LogP contribution in [0.15, 0.2) is 79.4 Å². The van der Waals surface area contributed by atoms with Gasteiger partial charge >= 0.3 is 12.6 Å². The van der Waals surface area contributed by atoms with Crippen LogP contribution in [0.4, 0.5) is 24.7 Å². The Morgan fingerprint density at radius 3 is 2.54 bits per heavy atom. The van der Waals surface area contributed by atoms with Crippen LogP contribution < -0.4 is 15.8 Å². The van der Waals surface area contributed by atoms with Crippen LogP contribution in [0.2, 0.25) is 0 Å². The highest BCUT2D eigenvalue weighted by molar-refractivity contribution is 7.23. The zero-order chi connectivity index (χ0) is 32.7. The Labute approximate surface area is 265 Å². The number of aryl methyl sites for hydroxylation is 2. The zero-order valence-corrected chi connectivity index (χ0v) is 25.6. The molecule has 0 radical (unpaired) electrons. The Kier molecular flexibility index (Phi) is 8.00. The third-order valence-electron chi connectivity index (χ3n) is 7.17. The fraction of sp³-hybridized carbons (Fsp3) is 0.121. The second kappa shape index (κ2) is 12.1. The minimum atomic E-state index is -2.82. The van der Waals surface area contributed by atoms with E-state index in [1.165, 1.54) is 48.3 Å². The highest BCUT2D eigenvalue weighted by Gasteiger charge is 2.24. The Morgan fingerprint density at radius 2 is 1.87 bits per heavy atom. The minimum Gasteiger partial charge on any atom is -0.421 e. The summed E-state index contributed by atoms with van der Waals surface area (Å²) in [6.07, 6.45) is 5.60. The molecule has 6 rings (SSSR count). The molecule has 0 aliphatic heterocycles. The number of hydrogen-bond acceptors (Lipinski definition) is 8. The number of carbonyl (C=O) groups is 1. The van der Waals surface area contributed by atoms with Crippen LogP contribution in [0.3, 0.4) is 0 Å². The normalized spacial score (nSPS) is 11.3. The second-order valence-corrected chi connectivity index (χ2v) is 11.6. The Balaban J connectivity index is 1.54. The lowest BCUT2D eigenvalue weighted by Gasteiger charge is -2.12. The van der Waals surface area contributed by atoms with Gasteiger partial charge in [-0.2, -0.15) is 13.9 Å². The van der Waals surface area contributed by atoms with Crippen molar-refractivity contribution in [3.63, 3.8) is 0 Å². The third kappa shape index (κ3) is 5.79. The quantitative estimate of drug-likeness (QED) is 0.160. The summed E-state index contributed by atoms with van der Waals surface area (Å²) in [6.45, 7) is 6.13. The maximum Gasteiger partial charge on any atom is 0.333 e. The van der Waals surface area contributed by atoms with Gasteiger partial charge in [0.05, 0.1) is 6.20 Å². The molecule has 6 aromatic rings. The van der Waals surface area contributed by atoms with E-state index in [1.54, 1.807) is 32.0 Å². The number of rotatable bonds is 8. The van der Waals surface area contributed by atoms with E-state index in [1.807, 2.05) is 19.1 Å². The number of anilines is 2. The first-order chi connectivity index (χ1) is 22.0. The molecule has 0 aliphatic rings. The molecule has 46 heavy (non-hydrogen) atoms. The average Bonchev–Trinajstić information content (AvgIpc) is 3.65. The van der Waals surface area contributed by atoms with Crippen molar-refractivity contribution >= 4 is 38.8 Å². The van der Waals surface area contributed by atoms with Crippen molar-refractivity contribution in [1.29, 1.82) is 0 Å². The number of thiophene rings is 1. The van der Waals surface area contributed by atoms with Gasteiger partial charge in [0.15, 0.2) is 11.6 Å². The van der Waals surface area contributed by atoms with Gasteiger partial charge in [-0.1, -0.05) is 18.7 Å². The smallest absolute Gasteiger partial charge is 0.333 e. The molecule has 2 aromatic carbocycles. The minimum absolute atomic E-state index is 0.00482. The van der Waals surface area contributed by atoms with Gasteiger partial charge in [0, 0.05) is 67.2 Å². The van der Waals surface area contributed by atoms with Crippen molar-refractivity contribution in [3.8, 4) is 44.5 Å². The molecule has 4 heterocycles. The summed E-state index contributed by atoms with van der Waals surface area (Å²) < 4.78 is 49.3. The fourth-order valence-electron chi connectivity index (χ4n) is 4.92. The predicted molar refractivity (Wildman–Crippen MR) is 172 cm³/mol. The summed E-state index contributed by atoms with van der Waals surface area (Å²) in [4.78, 5) is 25.6. The highest BCUT2D eigenvalue weighted by atomic mass is 32.1. The summed E-state index contributed by atoms with van der Waals surface area (Å²) in [5.41, 5.74) is 11.7. The van der Waals surface area contributed by atoms with Crippen LogP contribution in [0.5, 0.6) is 11.8 Å². The number of carbonyl (C=O) groups excluding carboxylic acids is 1.